The summed E-state index contributed by atoms with van der Waals surface area (Å²) < 4.78 is 42.3. The highest BCUT2D eigenvalue weighted by atomic mass is 28.3. The van der Waals surface area contributed by atoms with Crippen LogP contribution in [0.4, 0.5) is 15.3 Å². The molecule has 0 aliphatic carbocycles. The van der Waals surface area contributed by atoms with Crippen LogP contribution < -0.4 is 14.8 Å². The number of cyclic esters (lactones) is 1. The van der Waals surface area contributed by atoms with E-state index < -0.39 is 37.6 Å². The highest BCUT2D eigenvalue weighted by Crippen LogP contribution is 2.42. The Morgan fingerprint density at radius 3 is 2.45 bits per heavy atom. The zero-order valence-corrected chi connectivity index (χ0v) is 35.8. The molecule has 306 valence electrons. The molecule has 5 rings (SSSR count). The van der Waals surface area contributed by atoms with Crippen molar-refractivity contribution < 1.29 is 42.7 Å². The number of piperidine rings is 1. The molecule has 3 aromatic rings. The molecule has 2 aliphatic rings. The molecule has 0 bridgehead atoms. The van der Waals surface area contributed by atoms with E-state index in [0.29, 0.717) is 51.6 Å². The number of carbonyl (C=O) groups is 2. The first kappa shape index (κ1) is 43.0. The Kier molecular flexibility index (Phi) is 14.5. The molecule has 1 saturated heterocycles. The molecule has 2 aliphatic heterocycles. The van der Waals surface area contributed by atoms with Crippen molar-refractivity contribution >= 4 is 25.9 Å². The van der Waals surface area contributed by atoms with Crippen LogP contribution in [-0.2, 0) is 35.9 Å². The lowest BCUT2D eigenvalue weighted by atomic mass is 9.86. The maximum atomic E-state index is 13.4. The predicted octanol–water partition coefficient (Wildman–Crippen LogP) is 9.68. The zero-order valence-electron chi connectivity index (χ0n) is 34.8. The minimum Gasteiger partial charge on any atom is -0.496 e. The van der Waals surface area contributed by atoms with Gasteiger partial charge in [0, 0.05) is 50.3 Å². The van der Waals surface area contributed by atoms with Crippen molar-refractivity contribution in [3.05, 3.63) is 89.0 Å². The number of para-hydroxylation sites is 2. The van der Waals surface area contributed by atoms with Crippen molar-refractivity contribution in [3.8, 4) is 11.5 Å². The Hall–Kier alpha value is -4.10. The highest BCUT2D eigenvalue weighted by Gasteiger charge is 2.40. The van der Waals surface area contributed by atoms with Crippen molar-refractivity contribution in [2.75, 3.05) is 51.9 Å². The predicted molar refractivity (Wildman–Crippen MR) is 221 cm³/mol. The summed E-state index contributed by atoms with van der Waals surface area (Å²) >= 11 is 0. The third-order valence-electron chi connectivity index (χ3n) is 9.94. The van der Waals surface area contributed by atoms with Gasteiger partial charge in [0.2, 0.25) is 0 Å². The van der Waals surface area contributed by atoms with Gasteiger partial charge in [-0.3, -0.25) is 5.32 Å². The van der Waals surface area contributed by atoms with Crippen LogP contribution in [0.5, 0.6) is 11.5 Å². The molecule has 0 saturated carbocycles. The molecule has 1 N–H and O–H groups in total. The van der Waals surface area contributed by atoms with Crippen LogP contribution in [-0.4, -0.2) is 83.5 Å². The molecular weight excluding hydrogens is 729 g/mol. The first-order valence-electron chi connectivity index (χ1n) is 19.8. The fourth-order valence-electron chi connectivity index (χ4n) is 6.97. The van der Waals surface area contributed by atoms with Gasteiger partial charge in [-0.2, -0.15) is 0 Å². The largest absolute Gasteiger partial charge is 0.496 e. The number of benzene rings is 3. The average Bonchev–Trinajstić information content (AvgIpc) is 3.13. The molecular formula is C44H62N2O9Si. The lowest BCUT2D eigenvalue weighted by Gasteiger charge is -2.41. The van der Waals surface area contributed by atoms with Crippen molar-refractivity contribution in [2.24, 2.45) is 0 Å². The summed E-state index contributed by atoms with van der Waals surface area (Å²) in [5.41, 5.74) is 2.98. The Balaban J connectivity index is 1.33. The Morgan fingerprint density at radius 2 is 1.73 bits per heavy atom. The number of ether oxygens (including phenoxy) is 7. The Labute approximate surface area is 334 Å². The number of fused-ring (bicyclic) bond motifs is 1. The minimum absolute atomic E-state index is 0.0375. The van der Waals surface area contributed by atoms with E-state index in [0.717, 1.165) is 46.2 Å². The average molecular weight is 791 g/mol. The number of nitrogens with one attached hydrogen (secondary N) is 1. The summed E-state index contributed by atoms with van der Waals surface area (Å²) in [5, 5.41) is 2.96. The first-order chi connectivity index (χ1) is 26.5. The van der Waals surface area contributed by atoms with E-state index in [-0.39, 0.29) is 18.6 Å². The third-order valence-corrected chi connectivity index (χ3v) is 11.6. The molecule has 11 nitrogen and oxygen atoms in total. The number of amides is 2. The summed E-state index contributed by atoms with van der Waals surface area (Å²) in [5.74, 6) is 1.55. The summed E-state index contributed by atoms with van der Waals surface area (Å²) in [4.78, 5) is 27.9. The first-order valence-corrected chi connectivity index (χ1v) is 23.5. The lowest BCUT2D eigenvalue weighted by Crippen LogP contribution is -2.49. The summed E-state index contributed by atoms with van der Waals surface area (Å²) in [6.07, 6.45) is -0.423. The van der Waals surface area contributed by atoms with Crippen LogP contribution >= 0.6 is 0 Å². The van der Waals surface area contributed by atoms with Crippen LogP contribution in [0.2, 0.25) is 25.7 Å². The number of rotatable bonds is 17. The standard InChI is InChI=1S/C44H62N2O9Si/c1-43(2,3)55-42(48)46-23-22-34(31-18-20-33(21-19-31)52-25-13-24-50-29-32-14-10-11-17-37(32)49-6)38(28-46)53-39(30-51-26-27-56(7,8)9)35-15-12-16-36-40(35)45-41(47)54-44(36,4)5/h10-12,14-21,34,38-39H,13,22-30H2,1-9H3,(H,45,47). The molecule has 3 unspecified atom stereocenters. The minimum atomic E-state index is -1.35. The molecule has 0 aromatic heterocycles. The van der Waals surface area contributed by atoms with Crippen LogP contribution in [0.1, 0.15) is 81.7 Å². The summed E-state index contributed by atoms with van der Waals surface area (Å²) in [6.45, 7) is 19.7. The van der Waals surface area contributed by atoms with E-state index in [1.165, 1.54) is 0 Å². The molecule has 0 radical (unpaired) electrons. The topological polar surface area (TPSA) is 114 Å². The van der Waals surface area contributed by atoms with Crippen molar-refractivity contribution in [3.63, 3.8) is 0 Å². The van der Waals surface area contributed by atoms with Crippen LogP contribution in [0, 0.1) is 0 Å². The molecule has 3 atom stereocenters. The Bertz CT molecular complexity index is 1750. The normalized spacial score (nSPS) is 18.7. The lowest BCUT2D eigenvalue weighted by molar-refractivity contribution is -0.0901. The molecule has 0 spiro atoms. The van der Waals surface area contributed by atoms with E-state index in [2.05, 4.69) is 37.1 Å². The van der Waals surface area contributed by atoms with Crippen molar-refractivity contribution in [2.45, 2.75) is 109 Å². The van der Waals surface area contributed by atoms with E-state index in [1.54, 1.807) is 12.0 Å². The second-order valence-corrected chi connectivity index (χ2v) is 22.9. The van der Waals surface area contributed by atoms with Gasteiger partial charge in [0.05, 0.1) is 51.9 Å². The highest BCUT2D eigenvalue weighted by molar-refractivity contribution is 6.76. The molecule has 12 heteroatoms. The molecule has 2 amide bonds. The fourth-order valence-corrected chi connectivity index (χ4v) is 7.73. The quantitative estimate of drug-likeness (QED) is 0.105. The zero-order chi connectivity index (χ0) is 40.5. The number of anilines is 1. The van der Waals surface area contributed by atoms with Crippen LogP contribution in [0.25, 0.3) is 0 Å². The number of likely N-dealkylation sites (tertiary alicyclic amines) is 1. The number of hydrogen-bond donors (Lipinski definition) is 1. The van der Waals surface area contributed by atoms with Gasteiger partial charge in [-0.1, -0.05) is 68.2 Å². The number of nitrogens with zero attached hydrogens (tertiary/aromatic N) is 1. The van der Waals surface area contributed by atoms with Crippen molar-refractivity contribution in [1.29, 1.82) is 0 Å². The third kappa shape index (κ3) is 12.2. The number of methoxy groups -OCH3 is 1. The maximum absolute atomic E-state index is 13.4. The fraction of sp³-hybridized carbons (Fsp3) is 0.545. The van der Waals surface area contributed by atoms with Gasteiger partial charge in [0.25, 0.3) is 0 Å². The molecule has 1 fully saturated rings. The second kappa shape index (κ2) is 18.9. The van der Waals surface area contributed by atoms with Crippen LogP contribution in [0.3, 0.4) is 0 Å². The SMILES string of the molecule is COc1ccccc1COCCCOc1ccc(C2CCN(C(=O)OC(C)(C)C)CC2OC(COCC[Si](C)(C)C)c2cccc3c2NC(=O)OC3(C)C)cc1. The number of carbonyl (C=O) groups excluding carboxylic acids is 2. The smallest absolute Gasteiger partial charge is 0.412 e. The van der Waals surface area contributed by atoms with Gasteiger partial charge in [-0.15, -0.1) is 0 Å². The van der Waals surface area contributed by atoms with Crippen LogP contribution in [0.15, 0.2) is 66.7 Å². The van der Waals surface area contributed by atoms with Gasteiger partial charge < -0.3 is 38.1 Å². The van der Waals surface area contributed by atoms with Gasteiger partial charge in [0.1, 0.15) is 28.8 Å². The van der Waals surface area contributed by atoms with E-state index in [4.69, 9.17) is 33.2 Å². The molecule has 3 aromatic carbocycles. The summed E-state index contributed by atoms with van der Waals surface area (Å²) in [7, 11) is 0.310. The van der Waals surface area contributed by atoms with Gasteiger partial charge in [-0.25, -0.2) is 9.59 Å². The molecule has 56 heavy (non-hydrogen) atoms. The van der Waals surface area contributed by atoms with Gasteiger partial charge in [0.15, 0.2) is 0 Å². The monoisotopic (exact) mass is 790 g/mol. The number of hydrogen-bond acceptors (Lipinski definition) is 9. The van der Waals surface area contributed by atoms with Crippen molar-refractivity contribution in [1.82, 2.24) is 4.90 Å². The molecule has 2 heterocycles. The van der Waals surface area contributed by atoms with E-state index in [1.807, 2.05) is 89.2 Å². The summed E-state index contributed by atoms with van der Waals surface area (Å²) in [6, 6.07) is 22.9. The van der Waals surface area contributed by atoms with Gasteiger partial charge in [-0.05, 0) is 70.8 Å². The Morgan fingerprint density at radius 1 is 0.982 bits per heavy atom. The second-order valence-electron chi connectivity index (χ2n) is 17.3. The maximum Gasteiger partial charge on any atom is 0.412 e. The van der Waals surface area contributed by atoms with Gasteiger partial charge >= 0.3 is 12.2 Å². The van der Waals surface area contributed by atoms with E-state index >= 15 is 0 Å². The van der Waals surface area contributed by atoms with E-state index in [9.17, 15) is 9.59 Å².